The Bertz CT molecular complexity index is 335. The molecule has 0 aliphatic carbocycles. The zero-order valence-corrected chi connectivity index (χ0v) is 11.1. The van der Waals surface area contributed by atoms with E-state index in [0.29, 0.717) is 6.61 Å². The van der Waals surface area contributed by atoms with Gasteiger partial charge in [-0.2, -0.15) is 0 Å². The Hall–Kier alpha value is -0.390. The van der Waals surface area contributed by atoms with Crippen molar-refractivity contribution in [2.45, 2.75) is 43.1 Å². The van der Waals surface area contributed by atoms with Crippen molar-refractivity contribution in [1.82, 2.24) is 0 Å². The maximum Gasteiger partial charge on any atom is 0.327 e. The van der Waals surface area contributed by atoms with E-state index < -0.39 is 10.1 Å². The third-order valence-electron chi connectivity index (χ3n) is 2.64. The lowest BCUT2D eigenvalue weighted by molar-refractivity contribution is -0.167. The average Bonchev–Trinajstić information content (AvgIpc) is 2.51. The molecule has 2 aliphatic heterocycles. The minimum Gasteiger partial charge on any atom is -0.454 e. The highest BCUT2D eigenvalue weighted by Crippen LogP contribution is 2.31. The Labute approximate surface area is 103 Å². The maximum absolute atomic E-state index is 11.6. The van der Waals surface area contributed by atoms with Crippen LogP contribution in [0.2, 0.25) is 0 Å². The Kier molecular flexibility index (Phi) is 2.88. The van der Waals surface area contributed by atoms with Crippen molar-refractivity contribution in [3.8, 4) is 0 Å². The summed E-state index contributed by atoms with van der Waals surface area (Å²) in [6.07, 6.45) is 3.04. The number of ether oxygens (including phenoxy) is 3. The lowest BCUT2D eigenvalue weighted by atomic mass is 10.1. The van der Waals surface area contributed by atoms with Crippen LogP contribution in [0.5, 0.6) is 0 Å². The first-order valence-electron chi connectivity index (χ1n) is 5.21. The molecule has 2 heterocycles. The molecule has 4 nitrogen and oxygen atoms in total. The summed E-state index contributed by atoms with van der Waals surface area (Å²) in [5.41, 5.74) is 0. The van der Waals surface area contributed by atoms with E-state index in [9.17, 15) is 4.79 Å². The van der Waals surface area contributed by atoms with Crippen molar-refractivity contribution in [3.63, 3.8) is 0 Å². The molecule has 0 N–H and O–H groups in total. The number of cyclic esters (lactones) is 1. The molecule has 0 aromatic heterocycles. The zero-order valence-electron chi connectivity index (χ0n) is 9.53. The minimum atomic E-state index is -0.724. The summed E-state index contributed by atoms with van der Waals surface area (Å²) in [5.74, 6) is -0.895. The molecule has 5 heteroatoms. The molecule has 1 fully saturated rings. The number of esters is 1. The monoisotopic (exact) mass is 290 g/mol. The average molecular weight is 291 g/mol. The van der Waals surface area contributed by atoms with Gasteiger partial charge in [0.25, 0.3) is 0 Å². The minimum absolute atomic E-state index is 0.223. The van der Waals surface area contributed by atoms with E-state index in [-0.39, 0.29) is 18.2 Å². The van der Waals surface area contributed by atoms with Gasteiger partial charge in [-0.1, -0.05) is 22.0 Å². The van der Waals surface area contributed by atoms with Crippen molar-refractivity contribution in [3.05, 3.63) is 12.2 Å². The fourth-order valence-electron chi connectivity index (χ4n) is 1.70. The van der Waals surface area contributed by atoms with E-state index in [1.54, 1.807) is 13.0 Å². The summed E-state index contributed by atoms with van der Waals surface area (Å²) in [6, 6.07) is 0. The lowest BCUT2D eigenvalue weighted by Crippen LogP contribution is -2.42. The van der Waals surface area contributed by atoms with Crippen molar-refractivity contribution in [1.29, 1.82) is 0 Å². The number of hydrogen-bond acceptors (Lipinski definition) is 4. The van der Waals surface area contributed by atoms with Crippen LogP contribution in [0.1, 0.15) is 20.8 Å². The van der Waals surface area contributed by atoms with Crippen LogP contribution < -0.4 is 0 Å². The molecule has 0 aromatic carbocycles. The summed E-state index contributed by atoms with van der Waals surface area (Å²) in [5, 5.41) is 0. The molecule has 0 spiro atoms. The van der Waals surface area contributed by atoms with Gasteiger partial charge in [0.1, 0.15) is 16.5 Å². The number of halogens is 1. The van der Waals surface area contributed by atoms with E-state index in [4.69, 9.17) is 14.2 Å². The summed E-state index contributed by atoms with van der Waals surface area (Å²) in [6.45, 7) is 5.87. The molecule has 0 saturated carbocycles. The molecule has 2 rings (SSSR count). The van der Waals surface area contributed by atoms with E-state index in [0.717, 1.165) is 0 Å². The van der Waals surface area contributed by atoms with Crippen LogP contribution in [0, 0.1) is 0 Å². The largest absolute Gasteiger partial charge is 0.454 e. The number of carbonyl (C=O) groups is 1. The predicted molar refractivity (Wildman–Crippen MR) is 61.3 cm³/mol. The van der Waals surface area contributed by atoms with Crippen molar-refractivity contribution in [2.24, 2.45) is 0 Å². The van der Waals surface area contributed by atoms with Gasteiger partial charge >= 0.3 is 5.97 Å². The van der Waals surface area contributed by atoms with Gasteiger partial charge in [-0.15, -0.1) is 0 Å². The van der Waals surface area contributed by atoms with Gasteiger partial charge in [-0.25, -0.2) is 0 Å². The SMILES string of the molecule is CC1(C)OC[C@@H](C2C=CC(C)(Br)C(=O)O2)O1. The molecule has 2 unspecified atom stereocenters. The maximum atomic E-state index is 11.6. The van der Waals surface area contributed by atoms with E-state index in [1.165, 1.54) is 0 Å². The number of hydrogen-bond donors (Lipinski definition) is 0. The number of alkyl halides is 1. The fourth-order valence-corrected chi connectivity index (χ4v) is 1.94. The van der Waals surface area contributed by atoms with Gasteiger partial charge in [0.2, 0.25) is 0 Å². The highest BCUT2D eigenvalue weighted by Gasteiger charge is 2.42. The standard InChI is InChI=1S/C11H15BrO4/c1-10(2)14-6-8(16-10)7-4-5-11(3,12)9(13)15-7/h4-5,7-8H,6H2,1-3H3/t7?,8-,11?/m0/s1. The number of carbonyl (C=O) groups excluding carboxylic acids is 1. The van der Waals surface area contributed by atoms with Gasteiger partial charge in [0.15, 0.2) is 5.79 Å². The van der Waals surface area contributed by atoms with E-state index in [2.05, 4.69) is 15.9 Å². The molecule has 2 aliphatic rings. The molecular formula is C11H15BrO4. The van der Waals surface area contributed by atoms with Gasteiger partial charge in [-0.3, -0.25) is 4.79 Å². The van der Waals surface area contributed by atoms with Gasteiger partial charge in [-0.05, 0) is 26.8 Å². The zero-order chi connectivity index (χ0) is 12.0. The number of rotatable bonds is 1. The second-order valence-electron chi connectivity index (χ2n) is 4.67. The van der Waals surface area contributed by atoms with Crippen LogP contribution in [0.4, 0.5) is 0 Å². The molecular weight excluding hydrogens is 276 g/mol. The first-order chi connectivity index (χ1) is 7.30. The molecule has 0 aromatic rings. The Morgan fingerprint density at radius 1 is 1.44 bits per heavy atom. The highest BCUT2D eigenvalue weighted by molar-refractivity contribution is 9.10. The van der Waals surface area contributed by atoms with Gasteiger partial charge < -0.3 is 14.2 Å². The first-order valence-corrected chi connectivity index (χ1v) is 6.01. The van der Waals surface area contributed by atoms with Crippen LogP contribution >= 0.6 is 15.9 Å². The van der Waals surface area contributed by atoms with Crippen LogP contribution in [-0.2, 0) is 19.0 Å². The first kappa shape index (κ1) is 12.1. The topological polar surface area (TPSA) is 44.8 Å². The Balaban J connectivity index is 2.06. The van der Waals surface area contributed by atoms with Crippen molar-refractivity contribution >= 4 is 21.9 Å². The summed E-state index contributed by atoms with van der Waals surface area (Å²) in [4.78, 5) is 11.6. The van der Waals surface area contributed by atoms with Crippen LogP contribution in [0.25, 0.3) is 0 Å². The van der Waals surface area contributed by atoms with Gasteiger partial charge in [0, 0.05) is 0 Å². The second kappa shape index (κ2) is 3.82. The molecule has 1 saturated heterocycles. The normalized spacial score (nSPS) is 42.1. The molecule has 0 amide bonds. The Morgan fingerprint density at radius 3 is 2.62 bits per heavy atom. The summed E-state index contributed by atoms with van der Waals surface area (Å²) >= 11 is 3.28. The van der Waals surface area contributed by atoms with Crippen LogP contribution in [0.15, 0.2) is 12.2 Å². The van der Waals surface area contributed by atoms with E-state index >= 15 is 0 Å². The quantitative estimate of drug-likeness (QED) is 0.419. The third-order valence-corrected chi connectivity index (χ3v) is 3.23. The van der Waals surface area contributed by atoms with Crippen molar-refractivity contribution < 1.29 is 19.0 Å². The smallest absolute Gasteiger partial charge is 0.327 e. The van der Waals surface area contributed by atoms with Crippen LogP contribution in [0.3, 0.4) is 0 Å². The second-order valence-corrected chi connectivity index (χ2v) is 6.32. The van der Waals surface area contributed by atoms with Gasteiger partial charge in [0.05, 0.1) is 6.61 Å². The Morgan fingerprint density at radius 2 is 2.12 bits per heavy atom. The fraction of sp³-hybridized carbons (Fsp3) is 0.727. The molecule has 3 atom stereocenters. The van der Waals surface area contributed by atoms with Crippen molar-refractivity contribution in [2.75, 3.05) is 6.61 Å². The summed E-state index contributed by atoms with van der Waals surface area (Å²) in [7, 11) is 0. The molecule has 90 valence electrons. The summed E-state index contributed by atoms with van der Waals surface area (Å²) < 4.78 is 15.7. The molecule has 0 radical (unpaired) electrons. The predicted octanol–water partition coefficient (Wildman–Crippen LogP) is 1.77. The highest BCUT2D eigenvalue weighted by atomic mass is 79.9. The van der Waals surface area contributed by atoms with Crippen LogP contribution in [-0.4, -0.2) is 34.9 Å². The molecule has 16 heavy (non-hydrogen) atoms. The molecule has 0 bridgehead atoms. The lowest BCUT2D eigenvalue weighted by Gasteiger charge is -2.29. The van der Waals surface area contributed by atoms with E-state index in [1.807, 2.05) is 19.9 Å². The third kappa shape index (κ3) is 2.31.